The highest BCUT2D eigenvalue weighted by atomic mass is 35.5. The van der Waals surface area contributed by atoms with Gasteiger partial charge in [-0.05, 0) is 53.6 Å². The molecule has 1 atom stereocenters. The molecular formula is C26H26ClFN2O4S. The highest BCUT2D eigenvalue weighted by molar-refractivity contribution is 7.82. The molecule has 4 rings (SSSR count). The Balaban J connectivity index is 1.41. The molecule has 3 aromatic rings. The Morgan fingerprint density at radius 3 is 2.29 bits per heavy atom. The molecular weight excluding hydrogens is 491 g/mol. The third kappa shape index (κ3) is 7.11. The van der Waals surface area contributed by atoms with Crippen LogP contribution in [-0.4, -0.2) is 50.7 Å². The Kier molecular flexibility index (Phi) is 8.51. The molecule has 1 aliphatic heterocycles. The van der Waals surface area contributed by atoms with Crippen molar-refractivity contribution in [1.82, 2.24) is 9.21 Å². The Morgan fingerprint density at radius 2 is 1.63 bits per heavy atom. The molecule has 6 nitrogen and oxygen atoms in total. The van der Waals surface area contributed by atoms with Gasteiger partial charge in [0.2, 0.25) is 0 Å². The number of carbonyl (C=O) groups is 1. The molecule has 1 N–H and O–H groups in total. The number of hydrogen-bond donors (Lipinski definition) is 1. The minimum atomic E-state index is -1.34. The van der Waals surface area contributed by atoms with Gasteiger partial charge in [0, 0.05) is 43.3 Å². The molecule has 1 aliphatic rings. The van der Waals surface area contributed by atoms with Gasteiger partial charge in [-0.1, -0.05) is 35.9 Å². The first-order chi connectivity index (χ1) is 16.9. The molecule has 0 aromatic heterocycles. The molecule has 0 bridgehead atoms. The zero-order chi connectivity index (χ0) is 24.8. The van der Waals surface area contributed by atoms with Crippen molar-refractivity contribution in [3.05, 3.63) is 94.3 Å². The van der Waals surface area contributed by atoms with Crippen LogP contribution in [0, 0.1) is 5.82 Å². The Hall–Kier alpha value is -2.78. The second-order valence-corrected chi connectivity index (χ2v) is 10.3. The van der Waals surface area contributed by atoms with E-state index in [1.54, 1.807) is 18.2 Å². The quantitative estimate of drug-likeness (QED) is 0.452. The standard InChI is InChI=1S/C26H26ClFN2O4S/c27-22-4-1-19(2-5-22)18-34-25-10-3-20(16-26(31)32)15-21(25)17-29-11-13-30(14-12-29)35(33)24-8-6-23(28)7-9-24/h1-10,15H,11-14,16-18H2,(H,31,32). The number of halogens is 2. The number of aliphatic carboxylic acids is 1. The fourth-order valence-electron chi connectivity index (χ4n) is 3.92. The Bertz CT molecular complexity index is 1180. The molecule has 0 spiro atoms. The van der Waals surface area contributed by atoms with Crippen LogP contribution >= 0.6 is 11.6 Å². The monoisotopic (exact) mass is 516 g/mol. The Labute approximate surface area is 211 Å². The average Bonchev–Trinajstić information content (AvgIpc) is 2.85. The van der Waals surface area contributed by atoms with Gasteiger partial charge in [0.1, 0.15) is 29.2 Å². The van der Waals surface area contributed by atoms with Gasteiger partial charge in [-0.25, -0.2) is 12.9 Å². The minimum Gasteiger partial charge on any atom is -0.489 e. The summed E-state index contributed by atoms with van der Waals surface area (Å²) in [7, 11) is -1.34. The van der Waals surface area contributed by atoms with Crippen LogP contribution in [0.2, 0.25) is 5.02 Å². The van der Waals surface area contributed by atoms with Crippen molar-refractivity contribution < 1.29 is 23.2 Å². The van der Waals surface area contributed by atoms with Crippen molar-refractivity contribution in [3.63, 3.8) is 0 Å². The summed E-state index contributed by atoms with van der Waals surface area (Å²) in [6.45, 7) is 3.52. The maximum atomic E-state index is 13.2. The van der Waals surface area contributed by atoms with Crippen LogP contribution < -0.4 is 4.74 Å². The lowest BCUT2D eigenvalue weighted by Crippen LogP contribution is -2.46. The maximum Gasteiger partial charge on any atom is 0.307 e. The second-order valence-electron chi connectivity index (χ2n) is 8.34. The van der Waals surface area contributed by atoms with Gasteiger partial charge in [-0.2, -0.15) is 0 Å². The molecule has 184 valence electrons. The third-order valence-corrected chi connectivity index (χ3v) is 7.52. The number of hydrogen-bond acceptors (Lipinski definition) is 4. The summed E-state index contributed by atoms with van der Waals surface area (Å²) in [6, 6.07) is 18.7. The van der Waals surface area contributed by atoms with Gasteiger partial charge < -0.3 is 9.84 Å². The molecule has 3 aromatic carbocycles. The molecule has 0 aliphatic carbocycles. The normalized spacial score (nSPS) is 15.6. The van der Waals surface area contributed by atoms with Crippen LogP contribution in [0.5, 0.6) is 5.75 Å². The second kappa shape index (κ2) is 11.8. The third-order valence-electron chi connectivity index (χ3n) is 5.76. The fourth-order valence-corrected chi connectivity index (χ4v) is 5.21. The van der Waals surface area contributed by atoms with Crippen LogP contribution in [0.25, 0.3) is 0 Å². The number of ether oxygens (including phenoxy) is 1. The average molecular weight is 517 g/mol. The lowest BCUT2D eigenvalue weighted by Gasteiger charge is -2.34. The smallest absolute Gasteiger partial charge is 0.307 e. The van der Waals surface area contributed by atoms with Crippen LogP contribution in [0.1, 0.15) is 16.7 Å². The number of nitrogens with zero attached hydrogens (tertiary/aromatic N) is 2. The van der Waals surface area contributed by atoms with E-state index in [1.165, 1.54) is 12.1 Å². The van der Waals surface area contributed by atoms with E-state index in [1.807, 2.05) is 40.7 Å². The zero-order valence-electron chi connectivity index (χ0n) is 19.0. The van der Waals surface area contributed by atoms with E-state index in [-0.39, 0.29) is 12.2 Å². The van der Waals surface area contributed by atoms with Crippen LogP contribution in [-0.2, 0) is 35.4 Å². The lowest BCUT2D eigenvalue weighted by molar-refractivity contribution is -0.136. The molecule has 9 heteroatoms. The summed E-state index contributed by atoms with van der Waals surface area (Å²) in [6.07, 6.45) is -0.0606. The van der Waals surface area contributed by atoms with Crippen LogP contribution in [0.3, 0.4) is 0 Å². The van der Waals surface area contributed by atoms with Crippen molar-refractivity contribution in [2.75, 3.05) is 26.2 Å². The first-order valence-electron chi connectivity index (χ1n) is 11.2. The summed E-state index contributed by atoms with van der Waals surface area (Å²) in [5.41, 5.74) is 2.60. The zero-order valence-corrected chi connectivity index (χ0v) is 20.6. The first kappa shape index (κ1) is 25.3. The van der Waals surface area contributed by atoms with Crippen molar-refractivity contribution in [1.29, 1.82) is 0 Å². The van der Waals surface area contributed by atoms with Gasteiger partial charge in [-0.3, -0.25) is 9.69 Å². The number of carboxylic acid groups (broad SMARTS) is 1. The van der Waals surface area contributed by atoms with E-state index < -0.39 is 17.0 Å². The number of benzene rings is 3. The summed E-state index contributed by atoms with van der Waals surface area (Å²) in [4.78, 5) is 14.0. The molecule has 1 heterocycles. The summed E-state index contributed by atoms with van der Waals surface area (Å²) in [5, 5.41) is 9.86. The maximum absolute atomic E-state index is 13.2. The molecule has 1 saturated heterocycles. The van der Waals surface area contributed by atoms with Gasteiger partial charge in [0.15, 0.2) is 0 Å². The van der Waals surface area contributed by atoms with E-state index in [0.717, 1.165) is 11.1 Å². The van der Waals surface area contributed by atoms with Crippen molar-refractivity contribution in [2.45, 2.75) is 24.5 Å². The highest BCUT2D eigenvalue weighted by Gasteiger charge is 2.23. The highest BCUT2D eigenvalue weighted by Crippen LogP contribution is 2.25. The van der Waals surface area contributed by atoms with Crippen molar-refractivity contribution >= 4 is 28.6 Å². The van der Waals surface area contributed by atoms with E-state index in [4.69, 9.17) is 16.3 Å². The molecule has 0 radical (unpaired) electrons. The largest absolute Gasteiger partial charge is 0.489 e. The number of carboxylic acids is 1. The van der Waals surface area contributed by atoms with E-state index >= 15 is 0 Å². The SMILES string of the molecule is O=C(O)Cc1ccc(OCc2ccc(Cl)cc2)c(CN2CCN(S(=O)c3ccc(F)cc3)CC2)c1. The van der Waals surface area contributed by atoms with Gasteiger partial charge >= 0.3 is 5.97 Å². The summed E-state index contributed by atoms with van der Waals surface area (Å²) in [5.74, 6) is -0.538. The first-order valence-corrected chi connectivity index (χ1v) is 12.7. The summed E-state index contributed by atoms with van der Waals surface area (Å²) >= 11 is 5.96. The summed E-state index contributed by atoms with van der Waals surface area (Å²) < 4.78 is 34.0. The van der Waals surface area contributed by atoms with Gasteiger partial charge in [-0.15, -0.1) is 0 Å². The molecule has 1 fully saturated rings. The minimum absolute atomic E-state index is 0.0606. The van der Waals surface area contributed by atoms with Gasteiger partial charge in [0.25, 0.3) is 0 Å². The number of rotatable bonds is 9. The van der Waals surface area contributed by atoms with Gasteiger partial charge in [0.05, 0.1) is 11.3 Å². The fraction of sp³-hybridized carbons (Fsp3) is 0.269. The van der Waals surface area contributed by atoms with E-state index in [0.29, 0.717) is 60.6 Å². The molecule has 1 unspecified atom stereocenters. The van der Waals surface area contributed by atoms with Crippen LogP contribution in [0.15, 0.2) is 71.6 Å². The Morgan fingerprint density at radius 1 is 0.971 bits per heavy atom. The molecule has 35 heavy (non-hydrogen) atoms. The van der Waals surface area contributed by atoms with Crippen molar-refractivity contribution in [2.24, 2.45) is 0 Å². The number of piperazine rings is 1. The van der Waals surface area contributed by atoms with Crippen LogP contribution in [0.4, 0.5) is 4.39 Å². The molecule has 0 amide bonds. The van der Waals surface area contributed by atoms with E-state index in [9.17, 15) is 18.5 Å². The molecule has 0 saturated carbocycles. The topological polar surface area (TPSA) is 70.1 Å². The predicted octanol–water partition coefficient (Wildman–Crippen LogP) is 4.53. The lowest BCUT2D eigenvalue weighted by atomic mass is 10.1. The van der Waals surface area contributed by atoms with Crippen molar-refractivity contribution in [3.8, 4) is 5.75 Å². The van der Waals surface area contributed by atoms with E-state index in [2.05, 4.69) is 4.90 Å². The predicted molar refractivity (Wildman–Crippen MR) is 133 cm³/mol.